The van der Waals surface area contributed by atoms with E-state index in [9.17, 15) is 0 Å². The molecule has 0 aliphatic heterocycles. The van der Waals surface area contributed by atoms with E-state index in [0.29, 0.717) is 0 Å². The Labute approximate surface area is 138 Å². The summed E-state index contributed by atoms with van der Waals surface area (Å²) in [5, 5.41) is 1.12. The SMILES string of the molecule is Cc1sc(C2(N)CCC(C)CC2)nc1-c1ccc(Br)cc1. The molecule has 2 nitrogen and oxygen atoms in total. The van der Waals surface area contributed by atoms with Crippen molar-refractivity contribution in [2.45, 2.75) is 45.1 Å². The molecule has 0 amide bonds. The third kappa shape index (κ3) is 3.08. The number of benzene rings is 1. The fourth-order valence-electron chi connectivity index (χ4n) is 2.98. The van der Waals surface area contributed by atoms with Gasteiger partial charge in [-0.1, -0.05) is 35.0 Å². The lowest BCUT2D eigenvalue weighted by Crippen LogP contribution is -2.40. The van der Waals surface area contributed by atoms with Crippen molar-refractivity contribution in [2.24, 2.45) is 11.7 Å². The zero-order chi connectivity index (χ0) is 15.0. The average molecular weight is 365 g/mol. The molecule has 0 atom stereocenters. The highest BCUT2D eigenvalue weighted by Crippen LogP contribution is 2.41. The van der Waals surface area contributed by atoms with Crippen LogP contribution in [0, 0.1) is 12.8 Å². The van der Waals surface area contributed by atoms with E-state index in [2.05, 4.69) is 54.0 Å². The molecule has 0 radical (unpaired) electrons. The predicted octanol–water partition coefficient (Wildman–Crippen LogP) is 5.25. The Bertz CT molecular complexity index is 625. The van der Waals surface area contributed by atoms with Gasteiger partial charge in [-0.05, 0) is 50.7 Å². The second-order valence-corrected chi connectivity index (χ2v) is 8.39. The first-order valence-corrected chi connectivity index (χ1v) is 9.11. The first-order valence-electron chi connectivity index (χ1n) is 7.51. The molecule has 1 saturated carbocycles. The molecule has 3 rings (SSSR count). The second kappa shape index (κ2) is 5.82. The number of rotatable bonds is 2. The summed E-state index contributed by atoms with van der Waals surface area (Å²) in [7, 11) is 0. The molecule has 2 aromatic rings. The highest BCUT2D eigenvalue weighted by atomic mass is 79.9. The summed E-state index contributed by atoms with van der Waals surface area (Å²) in [5.41, 5.74) is 8.72. The lowest BCUT2D eigenvalue weighted by molar-refractivity contribution is 0.247. The van der Waals surface area contributed by atoms with Crippen LogP contribution in [0.15, 0.2) is 28.7 Å². The van der Waals surface area contributed by atoms with Crippen LogP contribution < -0.4 is 5.73 Å². The van der Waals surface area contributed by atoms with Gasteiger partial charge in [0.15, 0.2) is 0 Å². The van der Waals surface area contributed by atoms with E-state index in [4.69, 9.17) is 10.7 Å². The van der Waals surface area contributed by atoms with Crippen molar-refractivity contribution in [3.63, 3.8) is 0 Å². The highest BCUT2D eigenvalue weighted by molar-refractivity contribution is 9.10. The lowest BCUT2D eigenvalue weighted by Gasteiger charge is -2.34. The van der Waals surface area contributed by atoms with E-state index < -0.39 is 0 Å². The molecule has 1 aliphatic rings. The zero-order valence-electron chi connectivity index (χ0n) is 12.5. The molecule has 0 bridgehead atoms. The number of aryl methyl sites for hydroxylation is 1. The number of nitrogens with zero attached hydrogens (tertiary/aromatic N) is 1. The monoisotopic (exact) mass is 364 g/mol. The van der Waals surface area contributed by atoms with Crippen LogP contribution in [0.1, 0.15) is 42.5 Å². The quantitative estimate of drug-likeness (QED) is 0.790. The number of thiazole rings is 1. The summed E-state index contributed by atoms with van der Waals surface area (Å²) in [6.45, 7) is 4.47. The summed E-state index contributed by atoms with van der Waals surface area (Å²) >= 11 is 5.25. The third-order valence-electron chi connectivity index (χ3n) is 4.51. The van der Waals surface area contributed by atoms with Crippen LogP contribution in [0.3, 0.4) is 0 Å². The minimum atomic E-state index is -0.213. The van der Waals surface area contributed by atoms with Gasteiger partial charge in [-0.15, -0.1) is 11.3 Å². The van der Waals surface area contributed by atoms with Crippen LogP contribution in [-0.4, -0.2) is 4.98 Å². The molecule has 1 fully saturated rings. The van der Waals surface area contributed by atoms with Crippen molar-refractivity contribution in [3.05, 3.63) is 38.6 Å². The topological polar surface area (TPSA) is 38.9 Å². The maximum atomic E-state index is 6.67. The van der Waals surface area contributed by atoms with Crippen molar-refractivity contribution >= 4 is 27.3 Å². The highest BCUT2D eigenvalue weighted by Gasteiger charge is 2.35. The van der Waals surface area contributed by atoms with E-state index in [1.165, 1.54) is 23.3 Å². The Kier molecular flexibility index (Phi) is 4.21. The summed E-state index contributed by atoms with van der Waals surface area (Å²) < 4.78 is 1.09. The van der Waals surface area contributed by atoms with Gasteiger partial charge in [0.05, 0.1) is 11.2 Å². The largest absolute Gasteiger partial charge is 0.319 e. The van der Waals surface area contributed by atoms with E-state index in [0.717, 1.165) is 33.9 Å². The molecular weight excluding hydrogens is 344 g/mol. The normalized spacial score (nSPS) is 26.0. The molecule has 0 saturated heterocycles. The number of halogens is 1. The fraction of sp³-hybridized carbons (Fsp3) is 0.471. The van der Waals surface area contributed by atoms with Crippen LogP contribution in [0.25, 0.3) is 11.3 Å². The number of hydrogen-bond donors (Lipinski definition) is 1. The minimum Gasteiger partial charge on any atom is -0.319 e. The Morgan fingerprint density at radius 2 is 1.86 bits per heavy atom. The number of hydrogen-bond acceptors (Lipinski definition) is 3. The Balaban J connectivity index is 1.92. The van der Waals surface area contributed by atoms with Crippen molar-refractivity contribution in [1.82, 2.24) is 4.98 Å². The molecule has 112 valence electrons. The molecule has 1 aliphatic carbocycles. The number of aromatic nitrogens is 1. The minimum absolute atomic E-state index is 0.213. The Morgan fingerprint density at radius 3 is 2.48 bits per heavy atom. The molecule has 1 aromatic heterocycles. The van der Waals surface area contributed by atoms with Crippen molar-refractivity contribution in [2.75, 3.05) is 0 Å². The van der Waals surface area contributed by atoms with Gasteiger partial charge in [-0.2, -0.15) is 0 Å². The first-order chi connectivity index (χ1) is 9.98. The molecule has 21 heavy (non-hydrogen) atoms. The maximum Gasteiger partial charge on any atom is 0.113 e. The van der Waals surface area contributed by atoms with E-state index >= 15 is 0 Å². The summed E-state index contributed by atoms with van der Waals surface area (Å²) in [4.78, 5) is 6.17. The Hall–Kier alpha value is -0.710. The predicted molar refractivity (Wildman–Crippen MR) is 93.5 cm³/mol. The Morgan fingerprint density at radius 1 is 1.24 bits per heavy atom. The molecule has 1 heterocycles. The molecule has 1 aromatic carbocycles. The zero-order valence-corrected chi connectivity index (χ0v) is 14.9. The van der Waals surface area contributed by atoms with Crippen molar-refractivity contribution in [1.29, 1.82) is 0 Å². The van der Waals surface area contributed by atoms with Gasteiger partial charge >= 0.3 is 0 Å². The molecule has 0 unspecified atom stereocenters. The van der Waals surface area contributed by atoms with Gasteiger partial charge in [0.1, 0.15) is 5.01 Å². The molecule has 0 spiro atoms. The standard InChI is InChI=1S/C17H21BrN2S/c1-11-7-9-17(19,10-8-11)16-20-15(12(2)21-16)13-3-5-14(18)6-4-13/h3-6,11H,7-10,19H2,1-2H3. The van der Waals surface area contributed by atoms with Crippen molar-refractivity contribution < 1.29 is 0 Å². The van der Waals surface area contributed by atoms with Gasteiger partial charge in [0, 0.05) is 14.9 Å². The number of nitrogens with two attached hydrogens (primary N) is 1. The molecule has 2 N–H and O–H groups in total. The first kappa shape index (κ1) is 15.2. The summed E-state index contributed by atoms with van der Waals surface area (Å²) in [6.07, 6.45) is 4.54. The van der Waals surface area contributed by atoms with Crippen LogP contribution >= 0.6 is 27.3 Å². The van der Waals surface area contributed by atoms with Crippen LogP contribution in [0.5, 0.6) is 0 Å². The smallest absolute Gasteiger partial charge is 0.113 e. The third-order valence-corrected chi connectivity index (χ3v) is 6.23. The second-order valence-electron chi connectivity index (χ2n) is 6.27. The van der Waals surface area contributed by atoms with E-state index in [-0.39, 0.29) is 5.54 Å². The van der Waals surface area contributed by atoms with Crippen LogP contribution in [0.2, 0.25) is 0 Å². The fourth-order valence-corrected chi connectivity index (χ4v) is 4.33. The van der Waals surface area contributed by atoms with Gasteiger partial charge in [-0.25, -0.2) is 4.98 Å². The van der Waals surface area contributed by atoms with Crippen molar-refractivity contribution in [3.8, 4) is 11.3 Å². The van der Waals surface area contributed by atoms with Gasteiger partial charge in [0.2, 0.25) is 0 Å². The lowest BCUT2D eigenvalue weighted by atomic mass is 9.78. The summed E-state index contributed by atoms with van der Waals surface area (Å²) in [5.74, 6) is 0.800. The summed E-state index contributed by atoms with van der Waals surface area (Å²) in [6, 6.07) is 8.35. The van der Waals surface area contributed by atoms with Crippen LogP contribution in [-0.2, 0) is 5.54 Å². The van der Waals surface area contributed by atoms with E-state index in [1.807, 2.05) is 0 Å². The molecule has 4 heteroatoms. The molecular formula is C17H21BrN2S. The van der Waals surface area contributed by atoms with Crippen LogP contribution in [0.4, 0.5) is 0 Å². The van der Waals surface area contributed by atoms with E-state index in [1.54, 1.807) is 11.3 Å². The average Bonchev–Trinajstić information content (AvgIpc) is 2.86. The van der Waals surface area contributed by atoms with Gasteiger partial charge in [-0.3, -0.25) is 0 Å². The van der Waals surface area contributed by atoms with Gasteiger partial charge < -0.3 is 5.73 Å². The van der Waals surface area contributed by atoms with Gasteiger partial charge in [0.25, 0.3) is 0 Å². The maximum absolute atomic E-state index is 6.67.